The predicted molar refractivity (Wildman–Crippen MR) is 73.6 cm³/mol. The molecule has 11 heteroatoms. The maximum atomic E-state index is 12.0. The zero-order valence-electron chi connectivity index (χ0n) is 10.00. The molecule has 0 saturated carbocycles. The molecule has 0 bridgehead atoms. The molecule has 1 aromatic carbocycles. The number of rotatable bonds is 6. The van der Waals surface area contributed by atoms with Crippen molar-refractivity contribution in [3.63, 3.8) is 0 Å². The summed E-state index contributed by atoms with van der Waals surface area (Å²) in [6.07, 6.45) is 0. The fraction of sp³-hybridized carbons (Fsp3) is 0.222. The third kappa shape index (κ3) is 4.43. The summed E-state index contributed by atoms with van der Waals surface area (Å²) in [4.78, 5) is 20.0. The van der Waals surface area contributed by atoms with Crippen molar-refractivity contribution in [3.8, 4) is 0 Å². The lowest BCUT2D eigenvalue weighted by Gasteiger charge is -2.08. The molecule has 0 aliphatic heterocycles. The number of nitro benzene ring substituents is 1. The molecule has 0 atom stereocenters. The highest BCUT2D eigenvalue weighted by atomic mass is 79.9. The minimum absolute atomic E-state index is 0.0314. The van der Waals surface area contributed by atoms with E-state index in [0.717, 1.165) is 12.1 Å². The van der Waals surface area contributed by atoms with Gasteiger partial charge < -0.3 is 11.1 Å². The Morgan fingerprint density at radius 3 is 2.60 bits per heavy atom. The Hall–Kier alpha value is -1.72. The average Bonchev–Trinajstić information content (AvgIpc) is 2.34. The van der Waals surface area contributed by atoms with Crippen LogP contribution in [0, 0.1) is 10.1 Å². The standard InChI is InChI=1S/C9H11BrN4O5S/c10-6-1-2-7(14(16)17)8(5-6)20(18,19)13-4-3-12-9(11)15/h1-2,5,13H,3-4H2,(H3,11,12,15). The highest BCUT2D eigenvalue weighted by Crippen LogP contribution is 2.26. The lowest BCUT2D eigenvalue weighted by atomic mass is 10.3. The van der Waals surface area contributed by atoms with Crippen LogP contribution >= 0.6 is 15.9 Å². The van der Waals surface area contributed by atoms with E-state index in [1.54, 1.807) is 0 Å². The van der Waals surface area contributed by atoms with Crippen LogP contribution in [0.1, 0.15) is 0 Å². The molecule has 110 valence electrons. The van der Waals surface area contributed by atoms with Crippen LogP contribution < -0.4 is 15.8 Å². The van der Waals surface area contributed by atoms with Crippen LogP contribution in [0.2, 0.25) is 0 Å². The number of carbonyl (C=O) groups excluding carboxylic acids is 1. The normalized spacial score (nSPS) is 11.1. The molecular formula is C9H11BrN4O5S. The highest BCUT2D eigenvalue weighted by Gasteiger charge is 2.25. The van der Waals surface area contributed by atoms with Gasteiger partial charge in [-0.2, -0.15) is 0 Å². The van der Waals surface area contributed by atoms with Crippen LogP contribution in [-0.4, -0.2) is 32.5 Å². The van der Waals surface area contributed by atoms with E-state index >= 15 is 0 Å². The first-order chi connectivity index (χ1) is 9.24. The number of nitro groups is 1. The van der Waals surface area contributed by atoms with Crippen molar-refractivity contribution in [3.05, 3.63) is 32.8 Å². The summed E-state index contributed by atoms with van der Waals surface area (Å²) >= 11 is 3.05. The fourth-order valence-corrected chi connectivity index (χ4v) is 3.04. The molecule has 2 amide bonds. The maximum absolute atomic E-state index is 12.0. The molecule has 1 rings (SSSR count). The molecule has 9 nitrogen and oxygen atoms in total. The van der Waals surface area contributed by atoms with Crippen molar-refractivity contribution in [2.24, 2.45) is 5.73 Å². The first kappa shape index (κ1) is 16.3. The zero-order chi connectivity index (χ0) is 15.3. The second-order valence-electron chi connectivity index (χ2n) is 3.56. The summed E-state index contributed by atoms with van der Waals surface area (Å²) in [6, 6.07) is 2.78. The molecule has 0 aliphatic carbocycles. The smallest absolute Gasteiger partial charge is 0.312 e. The van der Waals surface area contributed by atoms with E-state index < -0.39 is 31.6 Å². The Labute approximate surface area is 122 Å². The van der Waals surface area contributed by atoms with E-state index in [1.807, 2.05) is 0 Å². The largest absolute Gasteiger partial charge is 0.352 e. The molecule has 0 unspecified atom stereocenters. The zero-order valence-corrected chi connectivity index (χ0v) is 12.4. The van der Waals surface area contributed by atoms with Crippen molar-refractivity contribution in [1.29, 1.82) is 0 Å². The van der Waals surface area contributed by atoms with Gasteiger partial charge in [0.25, 0.3) is 5.69 Å². The first-order valence-electron chi connectivity index (χ1n) is 5.21. The van der Waals surface area contributed by atoms with Gasteiger partial charge in [0.05, 0.1) is 4.92 Å². The lowest BCUT2D eigenvalue weighted by Crippen LogP contribution is -2.37. The topological polar surface area (TPSA) is 144 Å². The van der Waals surface area contributed by atoms with Gasteiger partial charge in [-0.1, -0.05) is 15.9 Å². The molecule has 0 aromatic heterocycles. The predicted octanol–water partition coefficient (Wildman–Crippen LogP) is 0.304. The van der Waals surface area contributed by atoms with Gasteiger partial charge in [-0.3, -0.25) is 10.1 Å². The number of hydrogen-bond donors (Lipinski definition) is 3. The van der Waals surface area contributed by atoms with Gasteiger partial charge in [0.1, 0.15) is 0 Å². The summed E-state index contributed by atoms with van der Waals surface area (Å²) in [7, 11) is -4.07. The second-order valence-corrected chi connectivity index (χ2v) is 6.21. The maximum Gasteiger partial charge on any atom is 0.312 e. The number of amides is 2. The summed E-state index contributed by atoms with van der Waals surface area (Å²) in [6.45, 7) is -0.175. The van der Waals surface area contributed by atoms with Gasteiger partial charge in [0, 0.05) is 23.6 Å². The number of halogens is 1. The average molecular weight is 367 g/mol. The molecule has 0 aliphatic rings. The first-order valence-corrected chi connectivity index (χ1v) is 7.48. The molecule has 20 heavy (non-hydrogen) atoms. The monoisotopic (exact) mass is 366 g/mol. The third-order valence-electron chi connectivity index (χ3n) is 2.12. The Bertz CT molecular complexity index is 633. The van der Waals surface area contributed by atoms with Gasteiger partial charge in [0.2, 0.25) is 10.0 Å². The van der Waals surface area contributed by atoms with Crippen LogP contribution in [0.3, 0.4) is 0 Å². The molecule has 0 heterocycles. The molecule has 0 radical (unpaired) electrons. The Balaban J connectivity index is 2.94. The Kier molecular flexibility index (Phi) is 5.42. The molecule has 4 N–H and O–H groups in total. The van der Waals surface area contributed by atoms with Crippen LogP contribution in [0.4, 0.5) is 10.5 Å². The van der Waals surface area contributed by atoms with Crippen molar-refractivity contribution >= 4 is 37.7 Å². The number of sulfonamides is 1. The molecule has 1 aromatic rings. The molecule has 0 saturated heterocycles. The van der Waals surface area contributed by atoms with Gasteiger partial charge in [-0.25, -0.2) is 17.9 Å². The van der Waals surface area contributed by atoms with E-state index in [4.69, 9.17) is 5.73 Å². The Morgan fingerprint density at radius 2 is 2.05 bits per heavy atom. The second kappa shape index (κ2) is 6.63. The minimum atomic E-state index is -4.07. The minimum Gasteiger partial charge on any atom is -0.352 e. The Morgan fingerprint density at radius 1 is 1.40 bits per heavy atom. The summed E-state index contributed by atoms with van der Waals surface area (Å²) in [5.74, 6) is 0. The van der Waals surface area contributed by atoms with E-state index in [1.165, 1.54) is 6.07 Å². The van der Waals surface area contributed by atoms with Crippen molar-refractivity contribution in [2.45, 2.75) is 4.90 Å². The quantitative estimate of drug-likeness (QED) is 0.376. The van der Waals surface area contributed by atoms with Crippen LogP contribution in [-0.2, 0) is 10.0 Å². The van der Waals surface area contributed by atoms with E-state index in [2.05, 4.69) is 26.0 Å². The van der Waals surface area contributed by atoms with E-state index in [-0.39, 0.29) is 13.1 Å². The van der Waals surface area contributed by atoms with Crippen LogP contribution in [0.5, 0.6) is 0 Å². The molecule has 0 spiro atoms. The fourth-order valence-electron chi connectivity index (χ4n) is 1.30. The number of nitrogens with one attached hydrogen (secondary N) is 2. The molecule has 0 fully saturated rings. The summed E-state index contributed by atoms with van der Waals surface area (Å²) < 4.78 is 26.5. The summed E-state index contributed by atoms with van der Waals surface area (Å²) in [5.41, 5.74) is 4.28. The van der Waals surface area contributed by atoms with Crippen molar-refractivity contribution in [2.75, 3.05) is 13.1 Å². The van der Waals surface area contributed by atoms with Gasteiger partial charge >= 0.3 is 6.03 Å². The number of hydrogen-bond acceptors (Lipinski definition) is 5. The van der Waals surface area contributed by atoms with E-state index in [9.17, 15) is 23.3 Å². The third-order valence-corrected chi connectivity index (χ3v) is 4.11. The number of nitrogens with two attached hydrogens (primary N) is 1. The SMILES string of the molecule is NC(=O)NCCNS(=O)(=O)c1cc(Br)ccc1[N+](=O)[O-]. The van der Waals surface area contributed by atoms with Gasteiger partial charge in [0.15, 0.2) is 4.90 Å². The number of benzene rings is 1. The number of nitrogens with zero attached hydrogens (tertiary/aromatic N) is 1. The summed E-state index contributed by atoms with van der Waals surface area (Å²) in [5, 5.41) is 13.0. The number of urea groups is 1. The van der Waals surface area contributed by atoms with Gasteiger partial charge in [-0.05, 0) is 12.1 Å². The van der Waals surface area contributed by atoms with Crippen LogP contribution in [0.15, 0.2) is 27.6 Å². The van der Waals surface area contributed by atoms with Crippen LogP contribution in [0.25, 0.3) is 0 Å². The number of primary amides is 1. The highest BCUT2D eigenvalue weighted by molar-refractivity contribution is 9.10. The lowest BCUT2D eigenvalue weighted by molar-refractivity contribution is -0.387. The van der Waals surface area contributed by atoms with E-state index in [0.29, 0.717) is 4.47 Å². The van der Waals surface area contributed by atoms with Crippen molar-refractivity contribution in [1.82, 2.24) is 10.0 Å². The van der Waals surface area contributed by atoms with Crippen molar-refractivity contribution < 1.29 is 18.1 Å². The molecular weight excluding hydrogens is 356 g/mol. The number of carbonyl (C=O) groups is 1. The van der Waals surface area contributed by atoms with Gasteiger partial charge in [-0.15, -0.1) is 0 Å².